The number of halogens is 2. The number of rotatable bonds is 3. The molecule has 2 N–H and O–H groups in total. The first-order valence-electron chi connectivity index (χ1n) is 7.59. The second kappa shape index (κ2) is 6.61. The molecule has 0 aliphatic carbocycles. The van der Waals surface area contributed by atoms with Gasteiger partial charge < -0.3 is 10.6 Å². The number of nitrogens with one attached hydrogen (secondary N) is 2. The van der Waals surface area contributed by atoms with Gasteiger partial charge in [0.25, 0.3) is 0 Å². The van der Waals surface area contributed by atoms with Gasteiger partial charge in [-0.15, -0.1) is 0 Å². The monoisotopic (exact) mass is 346 g/mol. The number of fused-ring (bicyclic) bond motifs is 1. The molecule has 2 amide bonds. The summed E-state index contributed by atoms with van der Waals surface area (Å²) in [6.07, 6.45) is 0.0395. The molecule has 2 aromatic rings. The first-order valence-corrected chi connectivity index (χ1v) is 7.97. The fourth-order valence-electron chi connectivity index (χ4n) is 2.82. The molecule has 2 aromatic carbocycles. The van der Waals surface area contributed by atoms with Crippen LogP contribution in [0.25, 0.3) is 0 Å². The van der Waals surface area contributed by atoms with Crippen LogP contribution in [0.5, 0.6) is 0 Å². The van der Waals surface area contributed by atoms with Crippen LogP contribution in [0, 0.1) is 5.82 Å². The maximum absolute atomic E-state index is 13.4. The SMILES string of the molecule is CC(NC(=O)C1CC(=O)Nc2cc(F)ccc21)c1ccc(Cl)cc1. The number of hydrogen-bond acceptors (Lipinski definition) is 2. The van der Waals surface area contributed by atoms with Crippen LogP contribution in [0.4, 0.5) is 10.1 Å². The zero-order valence-corrected chi connectivity index (χ0v) is 13.7. The molecular weight excluding hydrogens is 331 g/mol. The molecule has 2 atom stereocenters. The molecule has 24 heavy (non-hydrogen) atoms. The van der Waals surface area contributed by atoms with E-state index < -0.39 is 11.7 Å². The predicted molar refractivity (Wildman–Crippen MR) is 90.4 cm³/mol. The summed E-state index contributed by atoms with van der Waals surface area (Å²) in [5.74, 6) is -1.65. The molecule has 0 saturated heterocycles. The molecule has 1 aliphatic heterocycles. The van der Waals surface area contributed by atoms with E-state index in [1.807, 2.05) is 19.1 Å². The van der Waals surface area contributed by atoms with Crippen LogP contribution < -0.4 is 10.6 Å². The highest BCUT2D eigenvalue weighted by atomic mass is 35.5. The van der Waals surface area contributed by atoms with Crippen LogP contribution in [0.1, 0.15) is 36.4 Å². The molecule has 0 aromatic heterocycles. The highest BCUT2D eigenvalue weighted by molar-refractivity contribution is 6.30. The van der Waals surface area contributed by atoms with Gasteiger partial charge in [0.05, 0.1) is 12.0 Å². The van der Waals surface area contributed by atoms with E-state index in [1.165, 1.54) is 12.1 Å². The maximum atomic E-state index is 13.4. The van der Waals surface area contributed by atoms with Crippen LogP contribution in [0.2, 0.25) is 5.02 Å². The van der Waals surface area contributed by atoms with E-state index in [1.54, 1.807) is 18.2 Å². The molecule has 1 heterocycles. The van der Waals surface area contributed by atoms with Crippen molar-refractivity contribution < 1.29 is 14.0 Å². The van der Waals surface area contributed by atoms with Gasteiger partial charge in [-0.3, -0.25) is 9.59 Å². The second-order valence-corrected chi connectivity index (χ2v) is 6.25. The van der Waals surface area contributed by atoms with E-state index in [-0.39, 0.29) is 24.3 Å². The smallest absolute Gasteiger partial charge is 0.228 e. The Morgan fingerprint density at radius 2 is 2.00 bits per heavy atom. The van der Waals surface area contributed by atoms with Crippen molar-refractivity contribution >= 4 is 29.1 Å². The lowest BCUT2D eigenvalue weighted by Gasteiger charge is -2.26. The minimum Gasteiger partial charge on any atom is -0.349 e. The van der Waals surface area contributed by atoms with Crippen molar-refractivity contribution in [2.45, 2.75) is 25.3 Å². The second-order valence-electron chi connectivity index (χ2n) is 5.82. The van der Waals surface area contributed by atoms with E-state index in [0.717, 1.165) is 5.56 Å². The topological polar surface area (TPSA) is 58.2 Å². The number of anilines is 1. The third kappa shape index (κ3) is 3.41. The van der Waals surface area contributed by atoms with Gasteiger partial charge in [-0.1, -0.05) is 29.8 Å². The van der Waals surface area contributed by atoms with Crippen LogP contribution in [0.3, 0.4) is 0 Å². The fourth-order valence-corrected chi connectivity index (χ4v) is 2.95. The van der Waals surface area contributed by atoms with Crippen molar-refractivity contribution in [1.29, 1.82) is 0 Å². The van der Waals surface area contributed by atoms with E-state index in [9.17, 15) is 14.0 Å². The highest BCUT2D eigenvalue weighted by Gasteiger charge is 2.31. The Morgan fingerprint density at radius 1 is 1.29 bits per heavy atom. The normalized spacial score (nSPS) is 17.6. The molecule has 124 valence electrons. The summed E-state index contributed by atoms with van der Waals surface area (Å²) in [4.78, 5) is 24.4. The van der Waals surface area contributed by atoms with E-state index in [0.29, 0.717) is 16.3 Å². The van der Waals surface area contributed by atoms with Gasteiger partial charge >= 0.3 is 0 Å². The molecule has 3 rings (SSSR count). The lowest BCUT2D eigenvalue weighted by molar-refractivity contribution is -0.126. The Kier molecular flexibility index (Phi) is 4.53. The average Bonchev–Trinajstić information content (AvgIpc) is 2.54. The zero-order chi connectivity index (χ0) is 17.3. The zero-order valence-electron chi connectivity index (χ0n) is 13.0. The van der Waals surface area contributed by atoms with Crippen LogP contribution in [-0.4, -0.2) is 11.8 Å². The van der Waals surface area contributed by atoms with Crippen LogP contribution >= 0.6 is 11.6 Å². The molecule has 0 fully saturated rings. The minimum absolute atomic E-state index is 0.0395. The number of amides is 2. The molecule has 0 spiro atoms. The van der Waals surface area contributed by atoms with Gasteiger partial charge in [-0.05, 0) is 42.3 Å². The summed E-state index contributed by atoms with van der Waals surface area (Å²) in [6, 6.07) is 11.0. The third-order valence-electron chi connectivity index (χ3n) is 4.10. The maximum Gasteiger partial charge on any atom is 0.228 e. The highest BCUT2D eigenvalue weighted by Crippen LogP contribution is 2.33. The summed E-state index contributed by atoms with van der Waals surface area (Å²) in [6.45, 7) is 1.86. The van der Waals surface area contributed by atoms with Gasteiger partial charge in [0, 0.05) is 17.1 Å². The largest absolute Gasteiger partial charge is 0.349 e. The Balaban J connectivity index is 1.80. The standard InChI is InChI=1S/C18H16ClFN2O2/c1-10(11-2-4-12(19)5-3-11)21-18(24)15-9-17(23)22-16-8-13(20)6-7-14(15)16/h2-8,10,15H,9H2,1H3,(H,21,24)(H,22,23). The van der Waals surface area contributed by atoms with Crippen molar-refractivity contribution in [2.24, 2.45) is 0 Å². The average molecular weight is 347 g/mol. The molecule has 0 radical (unpaired) electrons. The molecule has 0 saturated carbocycles. The summed E-state index contributed by atoms with van der Waals surface area (Å²) >= 11 is 5.87. The number of carbonyl (C=O) groups is 2. The summed E-state index contributed by atoms with van der Waals surface area (Å²) in [5, 5.41) is 6.13. The first-order chi connectivity index (χ1) is 11.4. The lowest BCUT2D eigenvalue weighted by Crippen LogP contribution is -2.36. The quantitative estimate of drug-likeness (QED) is 0.888. The van der Waals surface area contributed by atoms with Gasteiger partial charge in [0.2, 0.25) is 11.8 Å². The molecule has 1 aliphatic rings. The molecular formula is C18H16ClFN2O2. The van der Waals surface area contributed by atoms with Crippen molar-refractivity contribution in [2.75, 3.05) is 5.32 Å². The Labute approximate surface area is 144 Å². The van der Waals surface area contributed by atoms with Crippen LogP contribution in [0.15, 0.2) is 42.5 Å². The Bertz CT molecular complexity index is 792. The van der Waals surface area contributed by atoms with Gasteiger partial charge in [-0.25, -0.2) is 4.39 Å². The predicted octanol–water partition coefficient (Wildman–Crippen LogP) is 3.78. The molecule has 6 heteroatoms. The minimum atomic E-state index is -0.635. The Morgan fingerprint density at radius 3 is 2.71 bits per heavy atom. The third-order valence-corrected chi connectivity index (χ3v) is 4.35. The Hall–Kier alpha value is -2.40. The van der Waals surface area contributed by atoms with E-state index >= 15 is 0 Å². The summed E-state index contributed by atoms with van der Waals surface area (Å²) in [7, 11) is 0. The van der Waals surface area contributed by atoms with E-state index in [4.69, 9.17) is 11.6 Å². The number of benzene rings is 2. The summed E-state index contributed by atoms with van der Waals surface area (Å²) < 4.78 is 13.4. The number of hydrogen-bond donors (Lipinski definition) is 2. The summed E-state index contributed by atoms with van der Waals surface area (Å²) in [5.41, 5.74) is 1.88. The molecule has 2 unspecified atom stereocenters. The van der Waals surface area contributed by atoms with Crippen molar-refractivity contribution in [3.63, 3.8) is 0 Å². The van der Waals surface area contributed by atoms with Crippen LogP contribution in [-0.2, 0) is 9.59 Å². The van der Waals surface area contributed by atoms with Crippen molar-refractivity contribution in [3.05, 3.63) is 64.4 Å². The molecule has 4 nitrogen and oxygen atoms in total. The van der Waals surface area contributed by atoms with Gasteiger partial charge in [0.15, 0.2) is 0 Å². The van der Waals surface area contributed by atoms with Gasteiger partial charge in [-0.2, -0.15) is 0 Å². The molecule has 0 bridgehead atoms. The lowest BCUT2D eigenvalue weighted by atomic mass is 9.89. The van der Waals surface area contributed by atoms with Gasteiger partial charge in [0.1, 0.15) is 5.82 Å². The van der Waals surface area contributed by atoms with Crippen molar-refractivity contribution in [3.8, 4) is 0 Å². The van der Waals surface area contributed by atoms with Crippen molar-refractivity contribution in [1.82, 2.24) is 5.32 Å². The number of carbonyl (C=O) groups excluding carboxylic acids is 2. The first kappa shape index (κ1) is 16.5. The van der Waals surface area contributed by atoms with E-state index in [2.05, 4.69) is 10.6 Å². The fraction of sp³-hybridized carbons (Fsp3) is 0.222.